The lowest BCUT2D eigenvalue weighted by Gasteiger charge is -2.23. The monoisotopic (exact) mass is 339 g/mol. The van der Waals surface area contributed by atoms with Gasteiger partial charge in [-0.1, -0.05) is 68.7 Å². The Morgan fingerprint density at radius 2 is 1.64 bits per heavy atom. The first-order valence-electron chi connectivity index (χ1n) is 9.28. The molecule has 3 heteroatoms. The van der Waals surface area contributed by atoms with Gasteiger partial charge in [0.2, 0.25) is 5.91 Å². The summed E-state index contributed by atoms with van der Waals surface area (Å²) < 4.78 is 0. The van der Waals surface area contributed by atoms with Crippen molar-refractivity contribution in [2.45, 2.75) is 52.0 Å². The minimum atomic E-state index is 0.202. The number of carbonyl (C=O) groups excluding carboxylic acids is 1. The summed E-state index contributed by atoms with van der Waals surface area (Å²) in [5, 5.41) is 9.35. The van der Waals surface area contributed by atoms with Crippen LogP contribution in [0.2, 0.25) is 0 Å². The van der Waals surface area contributed by atoms with E-state index in [2.05, 4.69) is 19.1 Å². The molecule has 2 aromatic rings. The number of hydrogen-bond donors (Lipinski definition) is 1. The van der Waals surface area contributed by atoms with Crippen LogP contribution in [0.25, 0.3) is 0 Å². The topological polar surface area (TPSA) is 40.5 Å². The summed E-state index contributed by atoms with van der Waals surface area (Å²) in [4.78, 5) is 14.7. The van der Waals surface area contributed by atoms with Crippen LogP contribution in [-0.2, 0) is 17.8 Å². The number of rotatable bonds is 10. The number of aryl methyl sites for hydroxylation is 1. The molecule has 1 amide bonds. The first kappa shape index (κ1) is 19.0. The highest BCUT2D eigenvalue weighted by atomic mass is 16.3. The van der Waals surface area contributed by atoms with Gasteiger partial charge in [-0.2, -0.15) is 0 Å². The largest absolute Gasteiger partial charge is 0.508 e. The van der Waals surface area contributed by atoms with E-state index in [9.17, 15) is 9.90 Å². The normalized spacial score (nSPS) is 10.6. The molecule has 0 aliphatic heterocycles. The van der Waals surface area contributed by atoms with E-state index in [1.807, 2.05) is 35.2 Å². The van der Waals surface area contributed by atoms with Crippen molar-refractivity contribution in [1.82, 2.24) is 4.90 Å². The van der Waals surface area contributed by atoms with Gasteiger partial charge in [-0.25, -0.2) is 0 Å². The number of hydrogen-bond acceptors (Lipinski definition) is 2. The lowest BCUT2D eigenvalue weighted by atomic mass is 10.1. The Hall–Kier alpha value is -2.29. The fourth-order valence-corrected chi connectivity index (χ4v) is 2.90. The molecule has 0 heterocycles. The second-order valence-electron chi connectivity index (χ2n) is 6.53. The van der Waals surface area contributed by atoms with Crippen molar-refractivity contribution < 1.29 is 9.90 Å². The summed E-state index contributed by atoms with van der Waals surface area (Å²) in [6, 6.07) is 17.3. The summed E-state index contributed by atoms with van der Waals surface area (Å²) >= 11 is 0. The average Bonchev–Trinajstić information content (AvgIpc) is 2.64. The molecule has 0 atom stereocenters. The molecule has 0 saturated heterocycles. The molecule has 0 spiro atoms. The van der Waals surface area contributed by atoms with Crippen LogP contribution in [0.1, 0.15) is 50.2 Å². The van der Waals surface area contributed by atoms with Gasteiger partial charge in [0, 0.05) is 19.5 Å². The average molecular weight is 339 g/mol. The number of benzene rings is 2. The Labute approximate surface area is 151 Å². The van der Waals surface area contributed by atoms with E-state index in [1.54, 1.807) is 12.1 Å². The van der Waals surface area contributed by atoms with Crippen molar-refractivity contribution in [3.63, 3.8) is 0 Å². The summed E-state index contributed by atoms with van der Waals surface area (Å²) in [7, 11) is 0. The van der Waals surface area contributed by atoms with E-state index in [-0.39, 0.29) is 11.7 Å². The van der Waals surface area contributed by atoms with Gasteiger partial charge in [0.15, 0.2) is 0 Å². The molecular formula is C22H29NO2. The SMILES string of the molecule is CCCCCCN(Cc1ccccc1)C(=O)CCc1ccc(O)cc1. The van der Waals surface area contributed by atoms with Crippen LogP contribution in [0.4, 0.5) is 0 Å². The number of nitrogens with zero attached hydrogens (tertiary/aromatic N) is 1. The van der Waals surface area contributed by atoms with Crippen LogP contribution in [0.15, 0.2) is 54.6 Å². The Balaban J connectivity index is 1.92. The predicted molar refractivity (Wildman–Crippen MR) is 102 cm³/mol. The van der Waals surface area contributed by atoms with E-state index >= 15 is 0 Å². The summed E-state index contributed by atoms with van der Waals surface area (Å²) in [5.74, 6) is 0.463. The highest BCUT2D eigenvalue weighted by Gasteiger charge is 2.13. The maximum absolute atomic E-state index is 12.7. The van der Waals surface area contributed by atoms with E-state index in [0.29, 0.717) is 19.4 Å². The molecule has 134 valence electrons. The van der Waals surface area contributed by atoms with Crippen LogP contribution < -0.4 is 0 Å². The van der Waals surface area contributed by atoms with E-state index in [1.165, 1.54) is 24.8 Å². The number of phenolic OH excluding ortho intramolecular Hbond substituents is 1. The smallest absolute Gasteiger partial charge is 0.223 e. The van der Waals surface area contributed by atoms with Crippen molar-refractivity contribution in [2.24, 2.45) is 0 Å². The lowest BCUT2D eigenvalue weighted by Crippen LogP contribution is -2.31. The molecule has 1 N–H and O–H groups in total. The van der Waals surface area contributed by atoms with Gasteiger partial charge >= 0.3 is 0 Å². The summed E-state index contributed by atoms with van der Waals surface area (Å²) in [6.45, 7) is 3.70. The fourth-order valence-electron chi connectivity index (χ4n) is 2.90. The quantitative estimate of drug-likeness (QED) is 0.623. The molecule has 3 nitrogen and oxygen atoms in total. The zero-order valence-corrected chi connectivity index (χ0v) is 15.2. The molecule has 0 aliphatic rings. The second kappa shape index (κ2) is 10.5. The van der Waals surface area contributed by atoms with Crippen LogP contribution in [-0.4, -0.2) is 22.5 Å². The molecule has 0 bridgehead atoms. The maximum atomic E-state index is 12.7. The molecule has 0 unspecified atom stereocenters. The van der Waals surface area contributed by atoms with Crippen LogP contribution in [0, 0.1) is 0 Å². The van der Waals surface area contributed by atoms with Gasteiger partial charge in [-0.3, -0.25) is 4.79 Å². The van der Waals surface area contributed by atoms with Crippen molar-refractivity contribution in [3.8, 4) is 5.75 Å². The molecule has 0 aromatic heterocycles. The number of aromatic hydroxyl groups is 1. The van der Waals surface area contributed by atoms with Gasteiger partial charge in [0.05, 0.1) is 0 Å². The minimum Gasteiger partial charge on any atom is -0.508 e. The van der Waals surface area contributed by atoms with E-state index in [0.717, 1.165) is 18.5 Å². The highest BCUT2D eigenvalue weighted by molar-refractivity contribution is 5.76. The second-order valence-corrected chi connectivity index (χ2v) is 6.53. The summed E-state index contributed by atoms with van der Waals surface area (Å²) in [6.07, 6.45) is 5.87. The number of carbonyl (C=O) groups is 1. The number of unbranched alkanes of at least 4 members (excludes halogenated alkanes) is 3. The number of amides is 1. The van der Waals surface area contributed by atoms with Crippen molar-refractivity contribution in [2.75, 3.05) is 6.54 Å². The van der Waals surface area contributed by atoms with Crippen molar-refractivity contribution in [1.29, 1.82) is 0 Å². The van der Waals surface area contributed by atoms with E-state index < -0.39 is 0 Å². The maximum Gasteiger partial charge on any atom is 0.223 e. The first-order valence-corrected chi connectivity index (χ1v) is 9.28. The lowest BCUT2D eigenvalue weighted by molar-refractivity contribution is -0.131. The van der Waals surface area contributed by atoms with Gasteiger partial charge in [-0.15, -0.1) is 0 Å². The van der Waals surface area contributed by atoms with Crippen LogP contribution in [0.5, 0.6) is 5.75 Å². The Morgan fingerprint density at radius 3 is 2.32 bits per heavy atom. The first-order chi connectivity index (χ1) is 12.2. The Bertz CT molecular complexity index is 622. The van der Waals surface area contributed by atoms with E-state index in [4.69, 9.17) is 0 Å². The van der Waals surface area contributed by atoms with Crippen LogP contribution in [0.3, 0.4) is 0 Å². The molecular weight excluding hydrogens is 310 g/mol. The van der Waals surface area contributed by atoms with Gasteiger partial charge < -0.3 is 10.0 Å². The standard InChI is InChI=1S/C22H29NO2/c1-2-3-4-8-17-23(18-20-9-6-5-7-10-20)22(25)16-13-19-11-14-21(24)15-12-19/h5-7,9-12,14-15,24H,2-4,8,13,16-18H2,1H3. The number of phenols is 1. The molecule has 0 radical (unpaired) electrons. The molecule has 0 saturated carbocycles. The molecule has 25 heavy (non-hydrogen) atoms. The van der Waals surface area contributed by atoms with Crippen molar-refractivity contribution >= 4 is 5.91 Å². The predicted octanol–water partition coefficient (Wildman–Crippen LogP) is 4.93. The van der Waals surface area contributed by atoms with Crippen molar-refractivity contribution in [3.05, 3.63) is 65.7 Å². The molecule has 2 rings (SSSR count). The molecule has 0 aliphatic carbocycles. The Kier molecular flexibility index (Phi) is 8.03. The molecule has 0 fully saturated rings. The minimum absolute atomic E-state index is 0.202. The highest BCUT2D eigenvalue weighted by Crippen LogP contribution is 2.14. The fraction of sp³-hybridized carbons (Fsp3) is 0.409. The molecule has 2 aromatic carbocycles. The third-order valence-electron chi connectivity index (χ3n) is 4.41. The van der Waals surface area contributed by atoms with Gasteiger partial charge in [0.1, 0.15) is 5.75 Å². The third-order valence-corrected chi connectivity index (χ3v) is 4.41. The van der Waals surface area contributed by atoms with Crippen LogP contribution >= 0.6 is 0 Å². The Morgan fingerprint density at radius 1 is 0.920 bits per heavy atom. The van der Waals surface area contributed by atoms with Gasteiger partial charge in [-0.05, 0) is 36.1 Å². The van der Waals surface area contributed by atoms with Gasteiger partial charge in [0.25, 0.3) is 0 Å². The zero-order valence-electron chi connectivity index (χ0n) is 15.2. The zero-order chi connectivity index (χ0) is 17.9. The third kappa shape index (κ3) is 7.00. The summed E-state index contributed by atoms with van der Waals surface area (Å²) in [5.41, 5.74) is 2.26.